The molecule has 1 aromatic rings. The van der Waals surface area contributed by atoms with E-state index in [-0.39, 0.29) is 0 Å². The van der Waals surface area contributed by atoms with E-state index in [1.54, 1.807) is 42.7 Å². The summed E-state index contributed by atoms with van der Waals surface area (Å²) in [6.45, 7) is 1.93. The van der Waals surface area contributed by atoms with Crippen molar-refractivity contribution in [3.63, 3.8) is 0 Å². The van der Waals surface area contributed by atoms with Crippen molar-refractivity contribution in [2.75, 3.05) is 14.1 Å². The fourth-order valence-electron chi connectivity index (χ4n) is 0.944. The maximum atomic E-state index is 11.7. The third-order valence-electron chi connectivity index (χ3n) is 1.56. The second-order valence-electron chi connectivity index (χ2n) is 3.15. The second-order valence-corrected chi connectivity index (χ2v) is 7.18. The topological polar surface area (TPSA) is 37.4 Å². The molecule has 0 amide bonds. The summed E-state index contributed by atoms with van der Waals surface area (Å²) in [5.74, 6) is 0. The van der Waals surface area contributed by atoms with Crippen molar-refractivity contribution in [2.24, 2.45) is 0 Å². The zero-order valence-corrected chi connectivity index (χ0v) is 10.0. The van der Waals surface area contributed by atoms with Crippen LogP contribution in [0.1, 0.15) is 5.56 Å². The Morgan fingerprint density at radius 2 is 1.64 bits per heavy atom. The second kappa shape index (κ2) is 4.33. The molecule has 0 radical (unpaired) electrons. The number of hydrogen-bond acceptors (Lipinski definition) is 4. The van der Waals surface area contributed by atoms with Gasteiger partial charge in [-0.15, -0.1) is 0 Å². The molecule has 78 valence electrons. The number of benzene rings is 1. The van der Waals surface area contributed by atoms with Crippen LogP contribution in [0.15, 0.2) is 29.2 Å². The van der Waals surface area contributed by atoms with Gasteiger partial charge in [0, 0.05) is 0 Å². The minimum Gasteiger partial charge on any atom is -0.243 e. The quantitative estimate of drug-likeness (QED) is 0.588. The van der Waals surface area contributed by atoms with E-state index in [4.69, 9.17) is 0 Å². The van der Waals surface area contributed by atoms with Crippen molar-refractivity contribution < 1.29 is 8.42 Å². The van der Waals surface area contributed by atoms with Crippen LogP contribution in [0.25, 0.3) is 0 Å². The molecular weight excluding hydrogens is 218 g/mol. The van der Waals surface area contributed by atoms with Gasteiger partial charge in [-0.1, -0.05) is 17.7 Å². The van der Waals surface area contributed by atoms with Crippen LogP contribution in [0, 0.1) is 6.92 Å². The van der Waals surface area contributed by atoms with Gasteiger partial charge in [0.25, 0.3) is 0 Å². The molecule has 0 bridgehead atoms. The first-order valence-corrected chi connectivity index (χ1v) is 6.88. The van der Waals surface area contributed by atoms with Gasteiger partial charge < -0.3 is 0 Å². The van der Waals surface area contributed by atoms with Gasteiger partial charge >= 0.3 is 0 Å². The Morgan fingerprint density at radius 1 is 1.14 bits per heavy atom. The van der Waals surface area contributed by atoms with Gasteiger partial charge in [-0.05, 0) is 33.2 Å². The monoisotopic (exact) mass is 231 g/mol. The molecule has 3 nitrogen and oxygen atoms in total. The molecule has 0 aliphatic heterocycles. The van der Waals surface area contributed by atoms with E-state index in [0.29, 0.717) is 4.90 Å². The highest BCUT2D eigenvalue weighted by atomic mass is 33.1. The Hall–Kier alpha value is -0.520. The molecule has 0 fully saturated rings. The predicted molar refractivity (Wildman–Crippen MR) is 59.6 cm³/mol. The Kier molecular flexibility index (Phi) is 3.58. The van der Waals surface area contributed by atoms with Crippen molar-refractivity contribution in [1.29, 1.82) is 0 Å². The summed E-state index contributed by atoms with van der Waals surface area (Å²) in [5, 5.41) is 0. The lowest BCUT2D eigenvalue weighted by Crippen LogP contribution is -2.06. The number of nitrogens with zero attached hydrogens (tertiary/aromatic N) is 1. The van der Waals surface area contributed by atoms with Crippen LogP contribution in [-0.2, 0) is 8.87 Å². The minimum absolute atomic E-state index is 0.349. The van der Waals surface area contributed by atoms with Crippen molar-refractivity contribution in [2.45, 2.75) is 11.8 Å². The number of rotatable bonds is 3. The summed E-state index contributed by atoms with van der Waals surface area (Å²) in [6.07, 6.45) is 0. The summed E-state index contributed by atoms with van der Waals surface area (Å²) in [5.41, 5.74) is 1.05. The SMILES string of the molecule is Cc1ccc(S(=O)(=O)SN(C)C)cc1. The summed E-state index contributed by atoms with van der Waals surface area (Å²) in [4.78, 5) is 0.349. The first-order valence-electron chi connectivity index (χ1n) is 4.10. The van der Waals surface area contributed by atoms with Gasteiger partial charge in [-0.2, -0.15) is 0 Å². The van der Waals surface area contributed by atoms with Crippen LogP contribution in [0.4, 0.5) is 0 Å². The Bertz CT molecular complexity index is 395. The molecule has 14 heavy (non-hydrogen) atoms. The van der Waals surface area contributed by atoms with Crippen molar-refractivity contribution in [3.05, 3.63) is 29.8 Å². The van der Waals surface area contributed by atoms with Gasteiger partial charge in [0.15, 0.2) is 0 Å². The fourth-order valence-corrected chi connectivity index (χ4v) is 3.66. The van der Waals surface area contributed by atoms with E-state index in [1.165, 1.54) is 0 Å². The van der Waals surface area contributed by atoms with Gasteiger partial charge in [-0.3, -0.25) is 0 Å². The number of hydrogen-bond donors (Lipinski definition) is 0. The highest BCUT2D eigenvalue weighted by Gasteiger charge is 2.16. The lowest BCUT2D eigenvalue weighted by molar-refractivity contribution is 0.607. The number of aryl methyl sites for hydroxylation is 1. The molecule has 0 unspecified atom stereocenters. The summed E-state index contributed by atoms with van der Waals surface area (Å²) >= 11 is 0. The van der Waals surface area contributed by atoms with Crippen molar-refractivity contribution in [1.82, 2.24) is 4.31 Å². The van der Waals surface area contributed by atoms with E-state index in [1.807, 2.05) is 6.92 Å². The molecule has 0 aliphatic carbocycles. The van der Waals surface area contributed by atoms with E-state index in [0.717, 1.165) is 16.5 Å². The molecule has 0 aromatic heterocycles. The zero-order valence-electron chi connectivity index (χ0n) is 8.39. The molecule has 1 aromatic carbocycles. The van der Waals surface area contributed by atoms with Crippen LogP contribution in [0.2, 0.25) is 0 Å². The predicted octanol–water partition coefficient (Wildman–Crippen LogP) is 1.89. The van der Waals surface area contributed by atoms with Crippen LogP contribution >= 0.6 is 11.0 Å². The normalized spacial score (nSPS) is 12.0. The standard InChI is InChI=1S/C9H13NO2S2/c1-8-4-6-9(7-5-8)14(11,12)13-10(2)3/h4-7H,1-3H3. The highest BCUT2D eigenvalue weighted by molar-refractivity contribution is 8.71. The Morgan fingerprint density at radius 3 is 2.07 bits per heavy atom. The molecule has 1 rings (SSSR count). The molecule has 5 heteroatoms. The average molecular weight is 231 g/mol. The van der Waals surface area contributed by atoms with E-state index in [9.17, 15) is 8.42 Å². The Balaban J connectivity index is 2.99. The lowest BCUT2D eigenvalue weighted by atomic mass is 10.2. The van der Waals surface area contributed by atoms with E-state index >= 15 is 0 Å². The first-order chi connectivity index (χ1) is 6.42. The van der Waals surface area contributed by atoms with E-state index < -0.39 is 8.87 Å². The first kappa shape index (κ1) is 11.6. The molecule has 0 heterocycles. The van der Waals surface area contributed by atoms with E-state index in [2.05, 4.69) is 0 Å². The summed E-state index contributed by atoms with van der Waals surface area (Å²) < 4.78 is 24.9. The van der Waals surface area contributed by atoms with Gasteiger partial charge in [-0.25, -0.2) is 12.7 Å². The smallest absolute Gasteiger partial charge is 0.243 e. The summed E-state index contributed by atoms with van der Waals surface area (Å²) in [6, 6.07) is 6.84. The van der Waals surface area contributed by atoms with Crippen LogP contribution in [0.5, 0.6) is 0 Å². The van der Waals surface area contributed by atoms with Crippen molar-refractivity contribution in [3.8, 4) is 0 Å². The average Bonchev–Trinajstić information content (AvgIpc) is 2.02. The maximum Gasteiger partial charge on any atom is 0.244 e. The largest absolute Gasteiger partial charge is 0.244 e. The molecular formula is C9H13NO2S2. The summed E-state index contributed by atoms with van der Waals surface area (Å²) in [7, 11) is 0.997. The van der Waals surface area contributed by atoms with Gasteiger partial charge in [0.1, 0.15) is 0 Å². The maximum absolute atomic E-state index is 11.7. The zero-order chi connectivity index (χ0) is 10.8. The molecule has 0 saturated heterocycles. The highest BCUT2D eigenvalue weighted by Crippen LogP contribution is 2.24. The van der Waals surface area contributed by atoms with Crippen LogP contribution in [-0.4, -0.2) is 26.8 Å². The van der Waals surface area contributed by atoms with Crippen molar-refractivity contribution >= 4 is 19.8 Å². The minimum atomic E-state index is -3.23. The molecule has 0 spiro atoms. The van der Waals surface area contributed by atoms with Gasteiger partial charge in [0.05, 0.1) is 15.9 Å². The molecule has 0 aliphatic rings. The molecule has 0 saturated carbocycles. The molecule has 0 N–H and O–H groups in total. The lowest BCUT2D eigenvalue weighted by Gasteiger charge is -2.08. The fraction of sp³-hybridized carbons (Fsp3) is 0.333. The van der Waals surface area contributed by atoms with Crippen LogP contribution < -0.4 is 0 Å². The third-order valence-corrected chi connectivity index (χ3v) is 4.96. The van der Waals surface area contributed by atoms with Crippen LogP contribution in [0.3, 0.4) is 0 Å². The third kappa shape index (κ3) is 3.01. The Labute approximate surface area is 88.6 Å². The molecule has 0 atom stereocenters. The van der Waals surface area contributed by atoms with Gasteiger partial charge in [0.2, 0.25) is 8.87 Å².